The molecule has 98 valence electrons. The molecule has 0 unspecified atom stereocenters. The number of carbonyl (C=O) groups is 1. The van der Waals surface area contributed by atoms with Crippen molar-refractivity contribution in [3.63, 3.8) is 0 Å². The first-order valence-electron chi connectivity index (χ1n) is 5.87. The molecule has 0 bridgehead atoms. The van der Waals surface area contributed by atoms with Crippen molar-refractivity contribution >= 4 is 34.9 Å². The van der Waals surface area contributed by atoms with E-state index in [-0.39, 0.29) is 5.91 Å². The van der Waals surface area contributed by atoms with Crippen LogP contribution in [0.5, 0.6) is 0 Å². The molecule has 1 aromatic rings. The summed E-state index contributed by atoms with van der Waals surface area (Å²) in [5.74, 6) is 1.29. The minimum absolute atomic E-state index is 0.0784. The number of hydrogen-bond acceptors (Lipinski definition) is 3. The summed E-state index contributed by atoms with van der Waals surface area (Å²) in [7, 11) is 0. The molecule has 1 amide bonds. The first-order chi connectivity index (χ1) is 8.65. The zero-order chi connectivity index (χ0) is 13.4. The topological polar surface area (TPSA) is 55.1 Å². The van der Waals surface area contributed by atoms with E-state index in [2.05, 4.69) is 5.32 Å². The molecule has 0 aliphatic rings. The maximum atomic E-state index is 11.4. The van der Waals surface area contributed by atoms with E-state index in [9.17, 15) is 4.79 Å². The molecule has 3 nitrogen and oxygen atoms in total. The standard InChI is InChI=1S/C13H18N2OS2/c1-2-7-15-12(16)9-18-8-10-5-3-4-6-11(10)13(14)17/h3-6H,2,7-9H2,1H3,(H2,14,17)(H,15,16). The van der Waals surface area contributed by atoms with Gasteiger partial charge in [0, 0.05) is 17.9 Å². The monoisotopic (exact) mass is 282 g/mol. The van der Waals surface area contributed by atoms with Gasteiger partial charge in [-0.05, 0) is 12.0 Å². The van der Waals surface area contributed by atoms with Crippen LogP contribution in [0.3, 0.4) is 0 Å². The van der Waals surface area contributed by atoms with Crippen LogP contribution in [-0.4, -0.2) is 23.2 Å². The van der Waals surface area contributed by atoms with Crippen LogP contribution >= 0.6 is 24.0 Å². The lowest BCUT2D eigenvalue weighted by Gasteiger charge is -2.08. The minimum Gasteiger partial charge on any atom is -0.389 e. The van der Waals surface area contributed by atoms with Crippen LogP contribution in [-0.2, 0) is 10.5 Å². The molecule has 0 aromatic heterocycles. The van der Waals surface area contributed by atoms with Gasteiger partial charge in [-0.15, -0.1) is 11.8 Å². The molecule has 18 heavy (non-hydrogen) atoms. The normalized spacial score (nSPS) is 10.1. The van der Waals surface area contributed by atoms with E-state index in [0.717, 1.165) is 29.8 Å². The van der Waals surface area contributed by atoms with Crippen LogP contribution in [0.15, 0.2) is 24.3 Å². The number of carbonyl (C=O) groups excluding carboxylic acids is 1. The first kappa shape index (κ1) is 15.0. The lowest BCUT2D eigenvalue weighted by atomic mass is 10.1. The minimum atomic E-state index is 0.0784. The highest BCUT2D eigenvalue weighted by Gasteiger charge is 2.06. The van der Waals surface area contributed by atoms with Gasteiger partial charge in [-0.3, -0.25) is 4.79 Å². The molecule has 1 aromatic carbocycles. The zero-order valence-corrected chi connectivity index (χ0v) is 12.1. The highest BCUT2D eigenvalue weighted by molar-refractivity contribution is 7.99. The van der Waals surface area contributed by atoms with Gasteiger partial charge in [-0.2, -0.15) is 0 Å². The predicted octanol–water partition coefficient (Wildman–Crippen LogP) is 2.08. The molecule has 0 saturated carbocycles. The Bertz CT molecular complexity index is 421. The van der Waals surface area contributed by atoms with Gasteiger partial charge in [-0.25, -0.2) is 0 Å². The number of thiocarbonyl (C=S) groups is 1. The van der Waals surface area contributed by atoms with Gasteiger partial charge in [-0.1, -0.05) is 43.4 Å². The Morgan fingerprint density at radius 3 is 2.83 bits per heavy atom. The Kier molecular flexibility index (Phi) is 6.75. The van der Waals surface area contributed by atoms with Crippen LogP contribution < -0.4 is 11.1 Å². The maximum Gasteiger partial charge on any atom is 0.230 e. The van der Waals surface area contributed by atoms with E-state index in [4.69, 9.17) is 18.0 Å². The van der Waals surface area contributed by atoms with Crippen molar-refractivity contribution in [1.29, 1.82) is 0 Å². The average molecular weight is 282 g/mol. The predicted molar refractivity (Wildman–Crippen MR) is 81.8 cm³/mol. The number of benzene rings is 1. The maximum absolute atomic E-state index is 11.4. The molecule has 0 atom stereocenters. The quantitative estimate of drug-likeness (QED) is 0.752. The van der Waals surface area contributed by atoms with Crippen molar-refractivity contribution in [2.24, 2.45) is 5.73 Å². The molecule has 0 saturated heterocycles. The van der Waals surface area contributed by atoms with Gasteiger partial charge < -0.3 is 11.1 Å². The van der Waals surface area contributed by atoms with E-state index in [1.165, 1.54) is 0 Å². The van der Waals surface area contributed by atoms with Crippen LogP contribution in [0, 0.1) is 0 Å². The van der Waals surface area contributed by atoms with Crippen LogP contribution in [0.25, 0.3) is 0 Å². The SMILES string of the molecule is CCCNC(=O)CSCc1ccccc1C(N)=S. The van der Waals surface area contributed by atoms with Gasteiger partial charge >= 0.3 is 0 Å². The second-order valence-corrected chi connectivity index (χ2v) is 5.29. The molecule has 0 radical (unpaired) electrons. The van der Waals surface area contributed by atoms with E-state index >= 15 is 0 Å². The molecule has 3 N–H and O–H groups in total. The lowest BCUT2D eigenvalue weighted by Crippen LogP contribution is -2.25. The summed E-state index contributed by atoms with van der Waals surface area (Å²) in [6.45, 7) is 2.77. The second kappa shape index (κ2) is 8.11. The zero-order valence-electron chi connectivity index (χ0n) is 10.4. The number of amides is 1. The average Bonchev–Trinajstić information content (AvgIpc) is 2.36. The molecule has 0 heterocycles. The molecular formula is C13H18N2OS2. The first-order valence-corrected chi connectivity index (χ1v) is 7.43. The highest BCUT2D eigenvalue weighted by atomic mass is 32.2. The fraction of sp³-hybridized carbons (Fsp3) is 0.385. The Labute approximate surface area is 118 Å². The van der Waals surface area contributed by atoms with Gasteiger partial charge in [0.2, 0.25) is 5.91 Å². The van der Waals surface area contributed by atoms with Crippen LogP contribution in [0.4, 0.5) is 0 Å². The van der Waals surface area contributed by atoms with Crippen molar-refractivity contribution in [1.82, 2.24) is 5.32 Å². The Morgan fingerprint density at radius 2 is 2.17 bits per heavy atom. The van der Waals surface area contributed by atoms with Crippen molar-refractivity contribution < 1.29 is 4.79 Å². The third kappa shape index (κ3) is 5.06. The molecule has 1 rings (SSSR count). The number of thioether (sulfide) groups is 1. The van der Waals surface area contributed by atoms with Crippen molar-refractivity contribution in [2.75, 3.05) is 12.3 Å². The number of hydrogen-bond donors (Lipinski definition) is 2. The Hall–Kier alpha value is -1.07. The Balaban J connectivity index is 2.44. The van der Waals surface area contributed by atoms with Crippen molar-refractivity contribution in [3.8, 4) is 0 Å². The van der Waals surface area contributed by atoms with Gasteiger partial charge in [0.15, 0.2) is 0 Å². The smallest absolute Gasteiger partial charge is 0.230 e. The van der Waals surface area contributed by atoms with E-state index in [0.29, 0.717) is 10.7 Å². The second-order valence-electron chi connectivity index (χ2n) is 3.86. The van der Waals surface area contributed by atoms with Crippen LogP contribution in [0.2, 0.25) is 0 Å². The molecule has 5 heteroatoms. The molecular weight excluding hydrogens is 264 g/mol. The fourth-order valence-corrected chi connectivity index (χ4v) is 2.52. The van der Waals surface area contributed by atoms with Crippen molar-refractivity contribution in [3.05, 3.63) is 35.4 Å². The summed E-state index contributed by atoms with van der Waals surface area (Å²) in [4.78, 5) is 11.8. The van der Waals surface area contributed by atoms with Crippen molar-refractivity contribution in [2.45, 2.75) is 19.1 Å². The van der Waals surface area contributed by atoms with E-state index in [1.54, 1.807) is 11.8 Å². The summed E-state index contributed by atoms with van der Waals surface area (Å²) >= 11 is 6.57. The Morgan fingerprint density at radius 1 is 1.44 bits per heavy atom. The van der Waals surface area contributed by atoms with Gasteiger partial charge in [0.1, 0.15) is 4.99 Å². The van der Waals surface area contributed by atoms with Gasteiger partial charge in [0.05, 0.1) is 5.75 Å². The van der Waals surface area contributed by atoms with E-state index in [1.807, 2.05) is 31.2 Å². The summed E-state index contributed by atoms with van der Waals surface area (Å²) in [5, 5.41) is 2.85. The molecule has 0 aliphatic heterocycles. The highest BCUT2D eigenvalue weighted by Crippen LogP contribution is 2.16. The number of rotatable bonds is 7. The lowest BCUT2D eigenvalue weighted by molar-refractivity contribution is -0.118. The summed E-state index contributed by atoms with van der Waals surface area (Å²) in [5.41, 5.74) is 7.63. The van der Waals surface area contributed by atoms with Crippen LogP contribution in [0.1, 0.15) is 24.5 Å². The third-order valence-corrected chi connectivity index (χ3v) is 3.55. The van der Waals surface area contributed by atoms with E-state index < -0.39 is 0 Å². The summed E-state index contributed by atoms with van der Waals surface area (Å²) in [6, 6.07) is 7.77. The third-order valence-electron chi connectivity index (χ3n) is 2.35. The molecule has 0 fully saturated rings. The summed E-state index contributed by atoms with van der Waals surface area (Å²) < 4.78 is 0. The number of nitrogens with two attached hydrogens (primary N) is 1. The largest absolute Gasteiger partial charge is 0.389 e. The van der Waals surface area contributed by atoms with Gasteiger partial charge in [0.25, 0.3) is 0 Å². The molecule has 0 spiro atoms. The molecule has 0 aliphatic carbocycles. The number of nitrogens with one attached hydrogen (secondary N) is 1. The fourth-order valence-electron chi connectivity index (χ4n) is 1.46. The summed E-state index contributed by atoms with van der Waals surface area (Å²) in [6.07, 6.45) is 0.959.